The van der Waals surface area contributed by atoms with E-state index in [-0.39, 0.29) is 5.91 Å². The van der Waals surface area contributed by atoms with Crippen molar-refractivity contribution in [1.82, 2.24) is 9.55 Å². The van der Waals surface area contributed by atoms with Crippen LogP contribution in [0.3, 0.4) is 0 Å². The number of hydrogen-bond donors (Lipinski definition) is 0. The quantitative estimate of drug-likeness (QED) is 0.804. The zero-order valence-electron chi connectivity index (χ0n) is 11.9. The zero-order valence-corrected chi connectivity index (χ0v) is 11.9. The van der Waals surface area contributed by atoms with Crippen molar-refractivity contribution in [2.45, 2.75) is 19.3 Å². The largest absolute Gasteiger partial charge is 0.313 e. The van der Waals surface area contributed by atoms with Crippen molar-refractivity contribution in [3.05, 3.63) is 36.4 Å². The average Bonchev–Trinajstić information content (AvgIpc) is 3.07. The van der Waals surface area contributed by atoms with Gasteiger partial charge in [0, 0.05) is 20.5 Å². The van der Waals surface area contributed by atoms with Crippen LogP contribution in [0.15, 0.2) is 36.4 Å². The average molecular weight is 269 g/mol. The normalized spacial score (nSPS) is 17.8. The molecular formula is C16H19N3O. The number of anilines is 1. The first-order chi connectivity index (χ1) is 9.66. The summed E-state index contributed by atoms with van der Waals surface area (Å²) in [6.45, 7) is 0. The fraction of sp³-hybridized carbons (Fsp3) is 0.375. The molecule has 1 atom stereocenters. The summed E-state index contributed by atoms with van der Waals surface area (Å²) in [5.74, 6) is 1.22. The molecule has 0 radical (unpaired) electrons. The molecule has 4 heteroatoms. The number of rotatable bonds is 3. The molecule has 104 valence electrons. The van der Waals surface area contributed by atoms with E-state index < -0.39 is 0 Å². The molecule has 1 aliphatic rings. The summed E-state index contributed by atoms with van der Waals surface area (Å²) >= 11 is 0. The lowest BCUT2D eigenvalue weighted by Crippen LogP contribution is -2.29. The smallest absolute Gasteiger partial charge is 0.229 e. The lowest BCUT2D eigenvalue weighted by atomic mass is 10.0. The lowest BCUT2D eigenvalue weighted by molar-refractivity contribution is -0.119. The van der Waals surface area contributed by atoms with Crippen molar-refractivity contribution in [2.75, 3.05) is 11.9 Å². The monoisotopic (exact) mass is 269 g/mol. The van der Waals surface area contributed by atoms with E-state index in [2.05, 4.69) is 17.1 Å². The molecule has 4 nitrogen and oxygen atoms in total. The van der Waals surface area contributed by atoms with Crippen LogP contribution in [0.4, 0.5) is 5.95 Å². The standard InChI is InChI=1S/C16H19N3O/c1-18-14-10-6-5-9-13(14)17-16(18)19(2)15(20)11-12-7-3-4-8-12/h3,5-7,9-10,12H,4,8,11H2,1-2H3/t12-/m1/s1. The Morgan fingerprint density at radius 2 is 2.25 bits per heavy atom. The lowest BCUT2D eigenvalue weighted by Gasteiger charge is -2.18. The van der Waals surface area contributed by atoms with Crippen LogP contribution >= 0.6 is 0 Å². The molecule has 0 fully saturated rings. The number of aromatic nitrogens is 2. The molecule has 0 aliphatic heterocycles. The first-order valence-electron chi connectivity index (χ1n) is 7.01. The maximum atomic E-state index is 12.4. The molecule has 0 unspecified atom stereocenters. The highest BCUT2D eigenvalue weighted by molar-refractivity contribution is 5.93. The highest BCUT2D eigenvalue weighted by Gasteiger charge is 2.21. The van der Waals surface area contributed by atoms with Gasteiger partial charge >= 0.3 is 0 Å². The molecule has 2 aromatic rings. The number of benzene rings is 1. The van der Waals surface area contributed by atoms with Gasteiger partial charge in [-0.2, -0.15) is 0 Å². The second-order valence-electron chi connectivity index (χ2n) is 5.38. The molecule has 0 saturated heterocycles. The summed E-state index contributed by atoms with van der Waals surface area (Å²) in [6, 6.07) is 7.93. The number of amides is 1. The predicted molar refractivity (Wildman–Crippen MR) is 80.6 cm³/mol. The number of hydrogen-bond acceptors (Lipinski definition) is 2. The molecule has 3 rings (SSSR count). The number of nitrogens with zero attached hydrogens (tertiary/aromatic N) is 3. The van der Waals surface area contributed by atoms with E-state index in [0.717, 1.165) is 23.9 Å². The van der Waals surface area contributed by atoms with Crippen molar-refractivity contribution in [2.24, 2.45) is 13.0 Å². The zero-order chi connectivity index (χ0) is 14.1. The van der Waals surface area contributed by atoms with Crippen molar-refractivity contribution in [3.63, 3.8) is 0 Å². The molecule has 20 heavy (non-hydrogen) atoms. The molecule has 1 aliphatic carbocycles. The molecule has 0 bridgehead atoms. The van der Waals surface area contributed by atoms with Gasteiger partial charge in [0.05, 0.1) is 11.0 Å². The molecule has 0 spiro atoms. The molecular weight excluding hydrogens is 250 g/mol. The van der Waals surface area contributed by atoms with Gasteiger partial charge < -0.3 is 4.57 Å². The molecule has 1 amide bonds. The van der Waals surface area contributed by atoms with Gasteiger partial charge in [-0.05, 0) is 30.9 Å². The Balaban J connectivity index is 1.84. The summed E-state index contributed by atoms with van der Waals surface area (Å²) < 4.78 is 1.97. The second-order valence-corrected chi connectivity index (χ2v) is 5.38. The van der Waals surface area contributed by atoms with Crippen molar-refractivity contribution >= 4 is 22.9 Å². The number of fused-ring (bicyclic) bond motifs is 1. The van der Waals surface area contributed by atoms with Crippen LogP contribution in [0.2, 0.25) is 0 Å². The van der Waals surface area contributed by atoms with Crippen LogP contribution in [0, 0.1) is 5.92 Å². The first-order valence-corrected chi connectivity index (χ1v) is 7.01. The topological polar surface area (TPSA) is 38.1 Å². The van der Waals surface area contributed by atoms with Gasteiger partial charge in [-0.3, -0.25) is 9.69 Å². The van der Waals surface area contributed by atoms with Gasteiger partial charge in [-0.1, -0.05) is 24.3 Å². The summed E-state index contributed by atoms with van der Waals surface area (Å²) in [6.07, 6.45) is 7.06. The number of carbonyl (C=O) groups is 1. The van der Waals surface area contributed by atoms with Gasteiger partial charge in [0.25, 0.3) is 0 Å². The number of aryl methyl sites for hydroxylation is 1. The van der Waals surface area contributed by atoms with Crippen LogP contribution in [0.25, 0.3) is 11.0 Å². The SMILES string of the molecule is CN(C(=O)C[C@@H]1C=CCC1)c1nc2ccccc2n1C. The number of allylic oxidation sites excluding steroid dienone is 2. The fourth-order valence-corrected chi connectivity index (χ4v) is 2.77. The third-order valence-electron chi connectivity index (χ3n) is 3.99. The highest BCUT2D eigenvalue weighted by atomic mass is 16.2. The van der Waals surface area contributed by atoms with Crippen molar-refractivity contribution in [3.8, 4) is 0 Å². The summed E-state index contributed by atoms with van der Waals surface area (Å²) in [7, 11) is 3.76. The van der Waals surface area contributed by atoms with Crippen LogP contribution in [-0.2, 0) is 11.8 Å². The van der Waals surface area contributed by atoms with E-state index in [4.69, 9.17) is 0 Å². The Kier molecular flexibility index (Phi) is 3.30. The minimum atomic E-state index is 0.125. The first kappa shape index (κ1) is 12.9. The maximum Gasteiger partial charge on any atom is 0.229 e. The van der Waals surface area contributed by atoms with Gasteiger partial charge in [0.1, 0.15) is 0 Å². The Bertz CT molecular complexity index is 671. The van der Waals surface area contributed by atoms with E-state index in [1.807, 2.05) is 42.9 Å². The number of carbonyl (C=O) groups excluding carboxylic acids is 1. The van der Waals surface area contributed by atoms with Gasteiger partial charge in [0.15, 0.2) is 0 Å². The third-order valence-corrected chi connectivity index (χ3v) is 3.99. The number of para-hydroxylation sites is 2. The van der Waals surface area contributed by atoms with Crippen LogP contribution in [-0.4, -0.2) is 22.5 Å². The van der Waals surface area contributed by atoms with E-state index in [1.54, 1.807) is 4.90 Å². The van der Waals surface area contributed by atoms with E-state index in [1.165, 1.54) is 0 Å². The molecule has 1 aromatic carbocycles. The highest BCUT2D eigenvalue weighted by Crippen LogP contribution is 2.24. The number of imidazole rings is 1. The Labute approximate surface area is 118 Å². The van der Waals surface area contributed by atoms with Gasteiger partial charge in [-0.15, -0.1) is 0 Å². The third kappa shape index (κ3) is 2.22. The minimum Gasteiger partial charge on any atom is -0.313 e. The van der Waals surface area contributed by atoms with E-state index in [0.29, 0.717) is 18.3 Å². The van der Waals surface area contributed by atoms with E-state index >= 15 is 0 Å². The van der Waals surface area contributed by atoms with Crippen LogP contribution in [0.5, 0.6) is 0 Å². The summed E-state index contributed by atoms with van der Waals surface area (Å²) in [5.41, 5.74) is 1.97. The Morgan fingerprint density at radius 1 is 1.45 bits per heavy atom. The maximum absolute atomic E-state index is 12.4. The Hall–Kier alpha value is -2.10. The molecule has 1 heterocycles. The fourth-order valence-electron chi connectivity index (χ4n) is 2.77. The van der Waals surface area contributed by atoms with Crippen molar-refractivity contribution in [1.29, 1.82) is 0 Å². The summed E-state index contributed by atoms with van der Waals surface area (Å²) in [4.78, 5) is 18.6. The second kappa shape index (κ2) is 5.12. The molecule has 1 aromatic heterocycles. The Morgan fingerprint density at radius 3 is 2.95 bits per heavy atom. The van der Waals surface area contributed by atoms with Gasteiger partial charge in [-0.25, -0.2) is 4.98 Å². The van der Waals surface area contributed by atoms with Gasteiger partial charge in [0.2, 0.25) is 11.9 Å². The predicted octanol–water partition coefficient (Wildman–Crippen LogP) is 2.89. The molecule has 0 N–H and O–H groups in total. The minimum absolute atomic E-state index is 0.125. The van der Waals surface area contributed by atoms with Crippen LogP contribution < -0.4 is 4.90 Å². The van der Waals surface area contributed by atoms with E-state index in [9.17, 15) is 4.79 Å². The van der Waals surface area contributed by atoms with Crippen LogP contribution in [0.1, 0.15) is 19.3 Å². The van der Waals surface area contributed by atoms with Crippen molar-refractivity contribution < 1.29 is 4.79 Å². The summed E-state index contributed by atoms with van der Waals surface area (Å²) in [5, 5.41) is 0. The molecule has 0 saturated carbocycles.